The molecule has 0 unspecified atom stereocenters. The van der Waals surface area contributed by atoms with Gasteiger partial charge in [0.15, 0.2) is 0 Å². The molecule has 0 bridgehead atoms. The molecule has 0 heterocycles. The van der Waals surface area contributed by atoms with E-state index >= 15 is 0 Å². The van der Waals surface area contributed by atoms with E-state index in [1.807, 2.05) is 24.3 Å². The van der Waals surface area contributed by atoms with Crippen LogP contribution in [0.15, 0.2) is 24.3 Å². The van der Waals surface area contributed by atoms with E-state index in [0.717, 1.165) is 5.56 Å². The van der Waals surface area contributed by atoms with Crippen LogP contribution in [0.25, 0.3) is 0 Å². The Balaban J connectivity index is 2.76. The van der Waals surface area contributed by atoms with Gasteiger partial charge in [-0.3, -0.25) is 4.79 Å². The number of hydrogen-bond acceptors (Lipinski definition) is 3. The first-order valence-electron chi connectivity index (χ1n) is 6.16. The molecule has 1 amide bonds. The third-order valence-electron chi connectivity index (χ3n) is 2.92. The van der Waals surface area contributed by atoms with Crippen LogP contribution in [0.5, 0.6) is 0 Å². The zero-order valence-corrected chi connectivity index (χ0v) is 12.2. The Bertz CT molecular complexity index is 394. The maximum Gasteiger partial charge on any atom is 0.249 e. The zero-order valence-electron chi connectivity index (χ0n) is 11.5. The van der Waals surface area contributed by atoms with Crippen molar-refractivity contribution < 1.29 is 14.3 Å². The van der Waals surface area contributed by atoms with Crippen molar-refractivity contribution in [1.29, 1.82) is 0 Å². The predicted molar refractivity (Wildman–Crippen MR) is 75.3 cm³/mol. The van der Waals surface area contributed by atoms with Crippen LogP contribution in [0.4, 0.5) is 0 Å². The fourth-order valence-electron chi connectivity index (χ4n) is 1.65. The second-order valence-electron chi connectivity index (χ2n) is 4.27. The SMILES string of the molecule is COCC[C@@H](NC(=O)[C@@H](C)OC)c1ccc(Cl)cc1. The molecule has 0 radical (unpaired) electrons. The van der Waals surface area contributed by atoms with Gasteiger partial charge < -0.3 is 14.8 Å². The number of methoxy groups -OCH3 is 2. The summed E-state index contributed by atoms with van der Waals surface area (Å²) in [5.74, 6) is -0.140. The Labute approximate surface area is 119 Å². The van der Waals surface area contributed by atoms with Gasteiger partial charge in [-0.15, -0.1) is 0 Å². The largest absolute Gasteiger partial charge is 0.385 e. The van der Waals surface area contributed by atoms with E-state index in [0.29, 0.717) is 18.1 Å². The molecule has 2 atom stereocenters. The van der Waals surface area contributed by atoms with E-state index in [9.17, 15) is 4.79 Å². The van der Waals surface area contributed by atoms with Crippen LogP contribution in [-0.4, -0.2) is 32.8 Å². The maximum atomic E-state index is 11.9. The molecule has 19 heavy (non-hydrogen) atoms. The minimum atomic E-state index is -0.475. The van der Waals surface area contributed by atoms with Crippen LogP contribution in [0, 0.1) is 0 Å². The summed E-state index contributed by atoms with van der Waals surface area (Å²) < 4.78 is 10.1. The summed E-state index contributed by atoms with van der Waals surface area (Å²) in [6.45, 7) is 2.28. The number of ether oxygens (including phenoxy) is 2. The summed E-state index contributed by atoms with van der Waals surface area (Å²) in [6, 6.07) is 7.31. The molecule has 5 heteroatoms. The van der Waals surface area contributed by atoms with Gasteiger partial charge in [-0.25, -0.2) is 0 Å². The van der Waals surface area contributed by atoms with Gasteiger partial charge in [0, 0.05) is 25.8 Å². The number of hydrogen-bond donors (Lipinski definition) is 1. The second kappa shape index (κ2) is 8.15. The molecular formula is C14H20ClNO3. The predicted octanol–water partition coefficient (Wildman–Crippen LogP) is 2.57. The Morgan fingerprint density at radius 3 is 2.47 bits per heavy atom. The quantitative estimate of drug-likeness (QED) is 0.837. The van der Waals surface area contributed by atoms with Crippen molar-refractivity contribution in [3.8, 4) is 0 Å². The standard InChI is InChI=1S/C14H20ClNO3/c1-10(19-3)14(17)16-13(8-9-18-2)11-4-6-12(15)7-5-11/h4-7,10,13H,8-9H2,1-3H3,(H,16,17)/t10-,13-/m1/s1. The van der Waals surface area contributed by atoms with E-state index in [-0.39, 0.29) is 11.9 Å². The Hall–Kier alpha value is -1.10. The first kappa shape index (κ1) is 16.0. The molecule has 0 aliphatic heterocycles. The molecule has 0 saturated heterocycles. The molecule has 0 fully saturated rings. The topological polar surface area (TPSA) is 47.6 Å². The van der Waals surface area contributed by atoms with Crippen molar-refractivity contribution in [3.63, 3.8) is 0 Å². The molecule has 4 nitrogen and oxygen atoms in total. The van der Waals surface area contributed by atoms with Crippen molar-refractivity contribution in [3.05, 3.63) is 34.9 Å². The fraction of sp³-hybridized carbons (Fsp3) is 0.500. The third-order valence-corrected chi connectivity index (χ3v) is 3.17. The van der Waals surface area contributed by atoms with Crippen molar-refractivity contribution in [2.75, 3.05) is 20.8 Å². The summed E-state index contributed by atoms with van der Waals surface area (Å²) in [5, 5.41) is 3.62. The van der Waals surface area contributed by atoms with Gasteiger partial charge in [-0.2, -0.15) is 0 Å². The summed E-state index contributed by atoms with van der Waals surface area (Å²) in [7, 11) is 3.15. The highest BCUT2D eigenvalue weighted by atomic mass is 35.5. The van der Waals surface area contributed by atoms with Gasteiger partial charge in [-0.1, -0.05) is 23.7 Å². The van der Waals surface area contributed by atoms with Crippen molar-refractivity contribution in [2.24, 2.45) is 0 Å². The van der Waals surface area contributed by atoms with Crippen molar-refractivity contribution >= 4 is 17.5 Å². The van der Waals surface area contributed by atoms with Crippen LogP contribution in [0.2, 0.25) is 5.02 Å². The van der Waals surface area contributed by atoms with Gasteiger partial charge in [0.2, 0.25) is 5.91 Å². The lowest BCUT2D eigenvalue weighted by Gasteiger charge is -2.21. The molecule has 1 rings (SSSR count). The highest BCUT2D eigenvalue weighted by Crippen LogP contribution is 2.19. The lowest BCUT2D eigenvalue weighted by atomic mass is 10.0. The minimum Gasteiger partial charge on any atom is -0.385 e. The number of halogens is 1. The smallest absolute Gasteiger partial charge is 0.249 e. The highest BCUT2D eigenvalue weighted by Gasteiger charge is 2.18. The average molecular weight is 286 g/mol. The van der Waals surface area contributed by atoms with E-state index in [1.165, 1.54) is 7.11 Å². The number of nitrogens with one attached hydrogen (secondary N) is 1. The molecule has 1 aromatic rings. The molecule has 1 aromatic carbocycles. The maximum absolute atomic E-state index is 11.9. The van der Waals surface area contributed by atoms with Gasteiger partial charge in [0.1, 0.15) is 6.10 Å². The lowest BCUT2D eigenvalue weighted by Crippen LogP contribution is -2.37. The molecule has 0 aromatic heterocycles. The number of carbonyl (C=O) groups is 1. The van der Waals surface area contributed by atoms with Gasteiger partial charge in [-0.05, 0) is 31.0 Å². The summed E-state index contributed by atoms with van der Waals surface area (Å²) >= 11 is 5.87. The lowest BCUT2D eigenvalue weighted by molar-refractivity contribution is -0.131. The minimum absolute atomic E-state index is 0.109. The van der Waals surface area contributed by atoms with Gasteiger partial charge in [0.25, 0.3) is 0 Å². The molecule has 0 aliphatic rings. The van der Waals surface area contributed by atoms with Crippen molar-refractivity contribution in [2.45, 2.75) is 25.5 Å². The van der Waals surface area contributed by atoms with Crippen LogP contribution < -0.4 is 5.32 Å². The normalized spacial score (nSPS) is 13.9. The van der Waals surface area contributed by atoms with E-state index in [2.05, 4.69) is 5.32 Å². The number of carbonyl (C=O) groups excluding carboxylic acids is 1. The number of amides is 1. The first-order valence-corrected chi connectivity index (χ1v) is 6.53. The summed E-state index contributed by atoms with van der Waals surface area (Å²) in [4.78, 5) is 11.9. The fourth-order valence-corrected chi connectivity index (χ4v) is 1.78. The van der Waals surface area contributed by atoms with Crippen LogP contribution in [-0.2, 0) is 14.3 Å². The molecule has 106 valence electrons. The monoisotopic (exact) mass is 285 g/mol. The van der Waals surface area contributed by atoms with Crippen LogP contribution >= 0.6 is 11.6 Å². The van der Waals surface area contributed by atoms with Crippen LogP contribution in [0.1, 0.15) is 24.9 Å². The second-order valence-corrected chi connectivity index (χ2v) is 4.71. The molecular weight excluding hydrogens is 266 g/mol. The third kappa shape index (κ3) is 5.19. The number of rotatable bonds is 7. The zero-order chi connectivity index (χ0) is 14.3. The summed E-state index contributed by atoms with van der Waals surface area (Å²) in [5.41, 5.74) is 0.998. The average Bonchev–Trinajstić information content (AvgIpc) is 2.43. The van der Waals surface area contributed by atoms with Crippen LogP contribution in [0.3, 0.4) is 0 Å². The molecule has 0 aliphatic carbocycles. The highest BCUT2D eigenvalue weighted by molar-refractivity contribution is 6.30. The Morgan fingerprint density at radius 1 is 1.32 bits per heavy atom. The molecule has 1 N–H and O–H groups in total. The molecule has 0 spiro atoms. The Kier molecular flexibility index (Phi) is 6.84. The number of benzene rings is 1. The summed E-state index contributed by atoms with van der Waals surface area (Å²) in [6.07, 6.45) is 0.220. The van der Waals surface area contributed by atoms with Crippen molar-refractivity contribution in [1.82, 2.24) is 5.32 Å². The van der Waals surface area contributed by atoms with E-state index in [4.69, 9.17) is 21.1 Å². The van der Waals surface area contributed by atoms with Gasteiger partial charge in [0.05, 0.1) is 6.04 Å². The Morgan fingerprint density at radius 2 is 1.95 bits per heavy atom. The molecule has 0 saturated carbocycles. The van der Waals surface area contributed by atoms with Gasteiger partial charge >= 0.3 is 0 Å². The van der Waals surface area contributed by atoms with E-state index in [1.54, 1.807) is 14.0 Å². The first-order chi connectivity index (χ1) is 9.08. The van der Waals surface area contributed by atoms with E-state index < -0.39 is 6.10 Å².